The van der Waals surface area contributed by atoms with Crippen molar-refractivity contribution in [1.29, 1.82) is 0 Å². The zero-order valence-electron chi connectivity index (χ0n) is 5.78. The van der Waals surface area contributed by atoms with E-state index in [1.807, 2.05) is 12.2 Å². The molecule has 0 aliphatic heterocycles. The van der Waals surface area contributed by atoms with Gasteiger partial charge in [0, 0.05) is 12.5 Å². The lowest BCUT2D eigenvalue weighted by Crippen LogP contribution is -1.52. The molecule has 0 amide bonds. The molecule has 0 N–H and O–H groups in total. The van der Waals surface area contributed by atoms with Crippen LogP contribution in [0.3, 0.4) is 0 Å². The Morgan fingerprint density at radius 1 is 1.44 bits per heavy atom. The second-order valence-corrected chi connectivity index (χ2v) is 1.55. The van der Waals surface area contributed by atoms with Gasteiger partial charge in [0.05, 0.1) is 0 Å². The Bertz CT molecular complexity index is 151. The molecule has 9 heavy (non-hydrogen) atoms. The van der Waals surface area contributed by atoms with Crippen molar-refractivity contribution in [3.63, 3.8) is 0 Å². The monoisotopic (exact) mass is 119 g/mol. The molecule has 0 heteroatoms. The zero-order valence-corrected chi connectivity index (χ0v) is 5.78. The van der Waals surface area contributed by atoms with Crippen LogP contribution in [0, 0.1) is 6.08 Å². The van der Waals surface area contributed by atoms with Crippen LogP contribution in [-0.4, -0.2) is 0 Å². The first-order valence-corrected chi connectivity index (χ1v) is 3.06. The van der Waals surface area contributed by atoms with Crippen LogP contribution in [0.25, 0.3) is 0 Å². The molecule has 0 saturated carbocycles. The van der Waals surface area contributed by atoms with Crippen LogP contribution < -0.4 is 0 Å². The maximum atomic E-state index is 3.42. The van der Waals surface area contributed by atoms with E-state index in [1.54, 1.807) is 0 Å². The Kier molecular flexibility index (Phi) is 6.29. The van der Waals surface area contributed by atoms with Crippen LogP contribution in [0.1, 0.15) is 19.8 Å². The van der Waals surface area contributed by atoms with Crippen molar-refractivity contribution in [2.24, 2.45) is 0 Å². The van der Waals surface area contributed by atoms with E-state index >= 15 is 0 Å². The normalized spacial score (nSPS) is 6.78. The minimum Gasteiger partial charge on any atom is -0.133 e. The highest BCUT2D eigenvalue weighted by atomic mass is 13.7. The van der Waals surface area contributed by atoms with Crippen LogP contribution in [0.5, 0.6) is 0 Å². The fourth-order valence-corrected chi connectivity index (χ4v) is 0.356. The first-order chi connectivity index (χ1) is 4.41. The Morgan fingerprint density at radius 2 is 2.22 bits per heavy atom. The lowest BCUT2D eigenvalue weighted by atomic mass is 10.4. The first kappa shape index (κ1) is 8.04. The summed E-state index contributed by atoms with van der Waals surface area (Å²) >= 11 is 0. The molecule has 0 aromatic heterocycles. The van der Waals surface area contributed by atoms with E-state index in [2.05, 4.69) is 31.0 Å². The number of hydrogen-bond donors (Lipinski definition) is 0. The van der Waals surface area contributed by atoms with Gasteiger partial charge in [-0.05, 0) is 18.6 Å². The highest BCUT2D eigenvalue weighted by molar-refractivity contribution is 4.85. The summed E-state index contributed by atoms with van der Waals surface area (Å²) in [5.41, 5.74) is 5.55. The molecule has 0 aliphatic rings. The molecule has 0 nitrogen and oxygen atoms in total. The van der Waals surface area contributed by atoms with E-state index in [9.17, 15) is 0 Å². The largest absolute Gasteiger partial charge is 0.133 e. The SMILES string of the molecule is C=C=CC[C]=C=CCC. The van der Waals surface area contributed by atoms with Crippen LogP contribution in [0.2, 0.25) is 0 Å². The van der Waals surface area contributed by atoms with E-state index < -0.39 is 0 Å². The quantitative estimate of drug-likeness (QED) is 0.501. The molecule has 0 bridgehead atoms. The summed E-state index contributed by atoms with van der Waals surface area (Å²) in [7, 11) is 0. The number of allylic oxidation sites excluding steroid dienone is 2. The van der Waals surface area contributed by atoms with Gasteiger partial charge in [-0.3, -0.25) is 0 Å². The number of hydrogen-bond acceptors (Lipinski definition) is 0. The molecule has 1 radical (unpaired) electrons. The molecule has 0 saturated heterocycles. The predicted molar refractivity (Wildman–Crippen MR) is 39.9 cm³/mol. The van der Waals surface area contributed by atoms with Gasteiger partial charge in [-0.2, -0.15) is 0 Å². The van der Waals surface area contributed by atoms with Crippen molar-refractivity contribution in [3.8, 4) is 0 Å². The third-order valence-electron chi connectivity index (χ3n) is 0.757. The van der Waals surface area contributed by atoms with E-state index in [4.69, 9.17) is 0 Å². The third kappa shape index (κ3) is 7.04. The fourth-order valence-electron chi connectivity index (χ4n) is 0.356. The maximum Gasteiger partial charge on any atom is 0.00927 e. The summed E-state index contributed by atoms with van der Waals surface area (Å²) < 4.78 is 0. The minimum absolute atomic E-state index is 0.764. The molecule has 0 rings (SSSR count). The standard InChI is InChI=1S/C9H11/c1-3-5-7-9-8-6-4-2/h5-6H,1,4,7H2,2H3. The van der Waals surface area contributed by atoms with Gasteiger partial charge in [0.15, 0.2) is 0 Å². The van der Waals surface area contributed by atoms with Gasteiger partial charge in [0.1, 0.15) is 0 Å². The maximum absolute atomic E-state index is 3.42. The summed E-state index contributed by atoms with van der Waals surface area (Å²) in [4.78, 5) is 0. The average molecular weight is 119 g/mol. The molecule has 47 valence electrons. The van der Waals surface area contributed by atoms with E-state index in [1.165, 1.54) is 0 Å². The highest BCUT2D eigenvalue weighted by Crippen LogP contribution is 1.80. The Morgan fingerprint density at radius 3 is 2.78 bits per heavy atom. The molecule has 0 aliphatic carbocycles. The molecular formula is C9H11. The van der Waals surface area contributed by atoms with Crippen LogP contribution in [0.15, 0.2) is 30.2 Å². The molecule has 0 spiro atoms. The summed E-state index contributed by atoms with van der Waals surface area (Å²) in [5.74, 6) is 0. The second-order valence-electron chi connectivity index (χ2n) is 1.55. The summed E-state index contributed by atoms with van der Waals surface area (Å²) in [5, 5.41) is 0. The Hall–Kier alpha value is -0.960. The van der Waals surface area contributed by atoms with Crippen LogP contribution >= 0.6 is 0 Å². The summed E-state index contributed by atoms with van der Waals surface area (Å²) in [6, 6.07) is 0. The van der Waals surface area contributed by atoms with Gasteiger partial charge in [-0.25, -0.2) is 0 Å². The molecule has 0 aromatic rings. The topological polar surface area (TPSA) is 0 Å². The van der Waals surface area contributed by atoms with Crippen LogP contribution in [0.4, 0.5) is 0 Å². The van der Waals surface area contributed by atoms with Crippen molar-refractivity contribution >= 4 is 0 Å². The van der Waals surface area contributed by atoms with Gasteiger partial charge < -0.3 is 0 Å². The lowest BCUT2D eigenvalue weighted by molar-refractivity contribution is 1.22. The van der Waals surface area contributed by atoms with Crippen molar-refractivity contribution in [1.82, 2.24) is 0 Å². The molecule has 0 heterocycles. The predicted octanol–water partition coefficient (Wildman–Crippen LogP) is 2.64. The molecule has 0 atom stereocenters. The smallest absolute Gasteiger partial charge is 0.00927 e. The molecule has 0 unspecified atom stereocenters. The number of rotatable bonds is 3. The van der Waals surface area contributed by atoms with Crippen LogP contribution in [-0.2, 0) is 0 Å². The fraction of sp³-hybridized carbons (Fsp3) is 0.333. The van der Waals surface area contributed by atoms with Gasteiger partial charge >= 0.3 is 0 Å². The molecule has 0 fully saturated rings. The van der Waals surface area contributed by atoms with E-state index in [-0.39, 0.29) is 0 Å². The molecular weight excluding hydrogens is 108 g/mol. The van der Waals surface area contributed by atoms with E-state index in [0.717, 1.165) is 12.8 Å². The van der Waals surface area contributed by atoms with Crippen molar-refractivity contribution < 1.29 is 0 Å². The molecule has 0 aromatic carbocycles. The summed E-state index contributed by atoms with van der Waals surface area (Å²) in [6.45, 7) is 5.49. The van der Waals surface area contributed by atoms with Gasteiger partial charge in [-0.1, -0.05) is 13.5 Å². The van der Waals surface area contributed by atoms with Crippen molar-refractivity contribution in [2.45, 2.75) is 19.8 Å². The highest BCUT2D eigenvalue weighted by Gasteiger charge is 1.63. The summed E-state index contributed by atoms with van der Waals surface area (Å²) in [6.07, 6.45) is 8.46. The van der Waals surface area contributed by atoms with E-state index in [0.29, 0.717) is 0 Å². The van der Waals surface area contributed by atoms with Gasteiger partial charge in [-0.15, -0.1) is 11.5 Å². The van der Waals surface area contributed by atoms with Gasteiger partial charge in [0.2, 0.25) is 0 Å². The Labute approximate surface area is 56.9 Å². The van der Waals surface area contributed by atoms with Gasteiger partial charge in [0.25, 0.3) is 0 Å². The zero-order chi connectivity index (χ0) is 6.95. The lowest BCUT2D eigenvalue weighted by Gasteiger charge is -1.69. The van der Waals surface area contributed by atoms with Crippen molar-refractivity contribution in [3.05, 3.63) is 36.3 Å². The average Bonchev–Trinajstić information content (AvgIpc) is 1.89. The Balaban J connectivity index is 3.46. The third-order valence-corrected chi connectivity index (χ3v) is 0.757. The van der Waals surface area contributed by atoms with Crippen molar-refractivity contribution in [2.75, 3.05) is 0 Å². The second kappa shape index (κ2) is 7.04. The first-order valence-electron chi connectivity index (χ1n) is 3.06. The minimum atomic E-state index is 0.764.